The van der Waals surface area contributed by atoms with Crippen LogP contribution in [0.1, 0.15) is 29.2 Å². The standard InChI is InChI=1S/C45H37Cl2N7O4/c1-3-27-8-4-6-10-35(27)38-16-13-30(44-51-42(53-57-44)31-14-17-40(48)49-23-31)21-34(38)26-56-19-18-28-9-5-7-11-36(28)37-15-12-29(20-33(37)25-55-2)45-52-43(54-58-45)32-22-39(46)41(47)50-24-32/h4-17,20-24H,3,18-19,25-26H2,1-2H3,(H2,48,49). The fourth-order valence-corrected chi connectivity index (χ4v) is 7.10. The summed E-state index contributed by atoms with van der Waals surface area (Å²) in [5, 5.41) is 8.86. The van der Waals surface area contributed by atoms with Gasteiger partial charge in [-0.1, -0.05) is 101 Å². The Bertz CT molecular complexity index is 2700. The first kappa shape index (κ1) is 38.6. The molecule has 0 unspecified atom stereocenters. The molecule has 2 N–H and O–H groups in total. The van der Waals surface area contributed by atoms with E-state index in [0.717, 1.165) is 56.5 Å². The summed E-state index contributed by atoms with van der Waals surface area (Å²) in [5.41, 5.74) is 17.4. The molecule has 0 aliphatic carbocycles. The van der Waals surface area contributed by atoms with Crippen LogP contribution in [0.25, 0.3) is 67.9 Å². The highest BCUT2D eigenvalue weighted by atomic mass is 35.5. The molecule has 0 atom stereocenters. The van der Waals surface area contributed by atoms with Crippen LogP contribution in [0.4, 0.5) is 5.82 Å². The van der Waals surface area contributed by atoms with Gasteiger partial charge in [0.2, 0.25) is 11.6 Å². The number of ether oxygens (including phenoxy) is 2. The second-order valence-corrected chi connectivity index (χ2v) is 14.2. The lowest BCUT2D eigenvalue weighted by Crippen LogP contribution is -2.03. The van der Waals surface area contributed by atoms with Gasteiger partial charge in [0.1, 0.15) is 11.0 Å². The first-order valence-corrected chi connectivity index (χ1v) is 19.3. The van der Waals surface area contributed by atoms with E-state index < -0.39 is 0 Å². The van der Waals surface area contributed by atoms with E-state index in [9.17, 15) is 0 Å². The van der Waals surface area contributed by atoms with Gasteiger partial charge in [0.15, 0.2) is 0 Å². The first-order chi connectivity index (χ1) is 28.4. The number of hydrogen-bond acceptors (Lipinski definition) is 11. The molecule has 0 saturated heterocycles. The molecule has 0 aliphatic rings. The largest absolute Gasteiger partial charge is 0.384 e. The number of nitrogen functional groups attached to an aromatic ring is 1. The summed E-state index contributed by atoms with van der Waals surface area (Å²) in [6.07, 6.45) is 4.76. The van der Waals surface area contributed by atoms with Crippen molar-refractivity contribution < 1.29 is 18.5 Å². The van der Waals surface area contributed by atoms with Crippen LogP contribution in [0.5, 0.6) is 0 Å². The molecule has 8 rings (SSSR count). The smallest absolute Gasteiger partial charge is 0.258 e. The Balaban J connectivity index is 1.02. The maximum Gasteiger partial charge on any atom is 0.258 e. The van der Waals surface area contributed by atoms with Crippen molar-refractivity contribution in [1.82, 2.24) is 30.2 Å². The average Bonchev–Trinajstić information content (AvgIpc) is 3.96. The normalized spacial score (nSPS) is 11.3. The van der Waals surface area contributed by atoms with Crippen LogP contribution in [0.3, 0.4) is 0 Å². The quantitative estimate of drug-likeness (QED) is 0.0826. The van der Waals surface area contributed by atoms with E-state index in [-0.39, 0.29) is 5.15 Å². The molecule has 58 heavy (non-hydrogen) atoms. The zero-order valence-electron chi connectivity index (χ0n) is 31.7. The van der Waals surface area contributed by atoms with E-state index in [1.165, 1.54) is 5.56 Å². The van der Waals surface area contributed by atoms with Crippen LogP contribution in [-0.2, 0) is 35.5 Å². The van der Waals surface area contributed by atoms with Crippen LogP contribution in [0.15, 0.2) is 125 Å². The molecule has 0 amide bonds. The van der Waals surface area contributed by atoms with Crippen molar-refractivity contribution in [3.63, 3.8) is 0 Å². The average molecular weight is 811 g/mol. The van der Waals surface area contributed by atoms with Crippen LogP contribution in [0, 0.1) is 0 Å². The fourth-order valence-electron chi connectivity index (χ4n) is 6.83. The van der Waals surface area contributed by atoms with E-state index in [2.05, 4.69) is 91.8 Å². The molecule has 0 bridgehead atoms. The van der Waals surface area contributed by atoms with Gasteiger partial charge in [-0.25, -0.2) is 9.97 Å². The highest BCUT2D eigenvalue weighted by Gasteiger charge is 2.18. The molecule has 0 spiro atoms. The van der Waals surface area contributed by atoms with Crippen molar-refractivity contribution in [2.75, 3.05) is 19.5 Å². The number of anilines is 1. The molecular formula is C45H37Cl2N7O4. The van der Waals surface area contributed by atoms with Gasteiger partial charge < -0.3 is 24.3 Å². The van der Waals surface area contributed by atoms with Crippen molar-refractivity contribution in [3.8, 4) is 67.9 Å². The van der Waals surface area contributed by atoms with Gasteiger partial charge in [-0.2, -0.15) is 9.97 Å². The lowest BCUT2D eigenvalue weighted by Gasteiger charge is -2.16. The monoisotopic (exact) mass is 809 g/mol. The maximum absolute atomic E-state index is 6.48. The Morgan fingerprint density at radius 2 is 1.17 bits per heavy atom. The highest BCUT2D eigenvalue weighted by molar-refractivity contribution is 6.41. The zero-order valence-corrected chi connectivity index (χ0v) is 33.2. The Morgan fingerprint density at radius 3 is 1.79 bits per heavy atom. The molecule has 13 heteroatoms. The molecule has 0 aliphatic heterocycles. The van der Waals surface area contributed by atoms with Crippen LogP contribution >= 0.6 is 23.2 Å². The third-order valence-corrected chi connectivity index (χ3v) is 10.4. The molecule has 4 aromatic heterocycles. The summed E-state index contributed by atoms with van der Waals surface area (Å²) in [7, 11) is 1.68. The molecule has 0 radical (unpaired) electrons. The Labute approximate surface area is 344 Å². The summed E-state index contributed by atoms with van der Waals surface area (Å²) in [5.74, 6) is 1.97. The Morgan fingerprint density at radius 1 is 0.603 bits per heavy atom. The Kier molecular flexibility index (Phi) is 11.7. The highest BCUT2D eigenvalue weighted by Crippen LogP contribution is 2.35. The SMILES string of the molecule is CCc1ccccc1-c1ccc(-c2nc(-c3ccc(N)nc3)no2)cc1COCCc1ccccc1-c1ccc(-c2nc(-c3cnc(Cl)c(Cl)c3)no2)cc1COC. The van der Waals surface area contributed by atoms with Gasteiger partial charge in [0.05, 0.1) is 24.8 Å². The minimum atomic E-state index is 0.207. The summed E-state index contributed by atoms with van der Waals surface area (Å²) >= 11 is 12.2. The van der Waals surface area contributed by atoms with Gasteiger partial charge in [-0.05, 0) is 99.8 Å². The minimum Gasteiger partial charge on any atom is -0.384 e. The maximum atomic E-state index is 6.48. The molecule has 290 valence electrons. The number of methoxy groups -OCH3 is 1. The number of aryl methyl sites for hydroxylation is 1. The third kappa shape index (κ3) is 8.39. The summed E-state index contributed by atoms with van der Waals surface area (Å²) in [4.78, 5) is 17.5. The number of pyridine rings is 2. The zero-order chi connectivity index (χ0) is 40.0. The number of rotatable bonds is 14. The second kappa shape index (κ2) is 17.5. The van der Waals surface area contributed by atoms with Crippen LogP contribution < -0.4 is 5.73 Å². The van der Waals surface area contributed by atoms with E-state index in [1.807, 2.05) is 36.4 Å². The summed E-state index contributed by atoms with van der Waals surface area (Å²) in [6, 6.07) is 34.2. The van der Waals surface area contributed by atoms with E-state index in [1.54, 1.807) is 31.6 Å². The molecule has 8 aromatic rings. The molecular weight excluding hydrogens is 773 g/mol. The predicted molar refractivity (Wildman–Crippen MR) is 225 cm³/mol. The number of aromatic nitrogens is 6. The van der Waals surface area contributed by atoms with Gasteiger partial charge in [-0.3, -0.25) is 0 Å². The van der Waals surface area contributed by atoms with Crippen molar-refractivity contribution in [3.05, 3.63) is 148 Å². The van der Waals surface area contributed by atoms with E-state index >= 15 is 0 Å². The first-order valence-electron chi connectivity index (χ1n) is 18.6. The van der Waals surface area contributed by atoms with Crippen molar-refractivity contribution in [2.45, 2.75) is 33.0 Å². The van der Waals surface area contributed by atoms with Gasteiger partial charge in [-0.15, -0.1) is 0 Å². The Hall–Kier alpha value is -6.24. The van der Waals surface area contributed by atoms with Gasteiger partial charge in [0, 0.05) is 41.8 Å². The third-order valence-electron chi connectivity index (χ3n) is 9.72. The van der Waals surface area contributed by atoms with E-state index in [4.69, 9.17) is 47.5 Å². The number of nitrogens with zero attached hydrogens (tertiary/aromatic N) is 6. The van der Waals surface area contributed by atoms with Gasteiger partial charge in [0.25, 0.3) is 11.8 Å². The van der Waals surface area contributed by atoms with Crippen molar-refractivity contribution in [1.29, 1.82) is 0 Å². The molecule has 11 nitrogen and oxygen atoms in total. The van der Waals surface area contributed by atoms with Crippen molar-refractivity contribution in [2.24, 2.45) is 0 Å². The number of hydrogen-bond donors (Lipinski definition) is 1. The molecule has 0 fully saturated rings. The summed E-state index contributed by atoms with van der Waals surface area (Å²) < 4.78 is 23.5. The number of benzene rings is 4. The topological polar surface area (TPSA) is 148 Å². The molecule has 4 aromatic carbocycles. The van der Waals surface area contributed by atoms with Crippen LogP contribution in [0.2, 0.25) is 10.2 Å². The lowest BCUT2D eigenvalue weighted by molar-refractivity contribution is 0.124. The minimum absolute atomic E-state index is 0.207. The second-order valence-electron chi connectivity index (χ2n) is 13.5. The molecule has 4 heterocycles. The predicted octanol–water partition coefficient (Wildman–Crippen LogP) is 10.6. The summed E-state index contributed by atoms with van der Waals surface area (Å²) in [6.45, 7) is 3.40. The number of nitrogens with two attached hydrogens (primary N) is 1. The lowest BCUT2D eigenvalue weighted by atomic mass is 9.92. The van der Waals surface area contributed by atoms with Crippen LogP contribution in [-0.4, -0.2) is 44.0 Å². The van der Waals surface area contributed by atoms with E-state index in [0.29, 0.717) is 71.6 Å². The fraction of sp³-hybridized carbons (Fsp3) is 0.156. The van der Waals surface area contributed by atoms with Crippen molar-refractivity contribution >= 4 is 29.0 Å². The molecule has 0 saturated carbocycles. The number of halogens is 2. The van der Waals surface area contributed by atoms with Gasteiger partial charge >= 0.3 is 0 Å².